The number of pyridine rings is 1. The molecule has 2 atom stereocenters. The van der Waals surface area contributed by atoms with Gasteiger partial charge in [0.15, 0.2) is 0 Å². The Balaban J connectivity index is 1.37. The number of hydrogen-bond acceptors (Lipinski definition) is 6. The van der Waals surface area contributed by atoms with Gasteiger partial charge in [0.2, 0.25) is 0 Å². The number of thiophene rings is 1. The van der Waals surface area contributed by atoms with E-state index in [1.54, 1.807) is 17.7 Å². The van der Waals surface area contributed by atoms with Crippen molar-refractivity contribution < 1.29 is 0 Å². The van der Waals surface area contributed by atoms with Crippen molar-refractivity contribution in [3.05, 3.63) is 47.4 Å². The van der Waals surface area contributed by atoms with Crippen LogP contribution in [0, 0.1) is 0 Å². The number of anilines is 1. The smallest absolute Gasteiger partial charge is 0.141 e. The van der Waals surface area contributed by atoms with Crippen LogP contribution in [-0.4, -0.2) is 45.0 Å². The van der Waals surface area contributed by atoms with Crippen molar-refractivity contribution in [2.75, 3.05) is 18.0 Å². The van der Waals surface area contributed by atoms with Crippen molar-refractivity contribution in [2.24, 2.45) is 0 Å². The van der Waals surface area contributed by atoms with Gasteiger partial charge in [-0.15, -0.1) is 11.3 Å². The van der Waals surface area contributed by atoms with Gasteiger partial charge < -0.3 is 4.90 Å². The van der Waals surface area contributed by atoms with E-state index >= 15 is 0 Å². The summed E-state index contributed by atoms with van der Waals surface area (Å²) in [5.74, 6) is 1.14. The Morgan fingerprint density at radius 3 is 2.72 bits per heavy atom. The van der Waals surface area contributed by atoms with Gasteiger partial charge >= 0.3 is 0 Å². The number of nitrogens with zero attached hydrogens (tertiary/aromatic N) is 5. The summed E-state index contributed by atoms with van der Waals surface area (Å²) in [5.41, 5.74) is 1.35. The molecule has 3 saturated heterocycles. The van der Waals surface area contributed by atoms with Crippen molar-refractivity contribution in [1.82, 2.24) is 19.9 Å². The molecule has 0 N–H and O–H groups in total. The maximum atomic E-state index is 4.66. The maximum Gasteiger partial charge on any atom is 0.141 e. The second kappa shape index (κ2) is 6.04. The van der Waals surface area contributed by atoms with Gasteiger partial charge in [0.1, 0.15) is 17.0 Å². The van der Waals surface area contributed by atoms with Crippen LogP contribution in [0.3, 0.4) is 0 Å². The largest absolute Gasteiger partial charge is 0.347 e. The van der Waals surface area contributed by atoms with Crippen molar-refractivity contribution >= 4 is 27.4 Å². The Morgan fingerprint density at radius 1 is 1.16 bits per heavy atom. The average molecular weight is 351 g/mol. The Kier molecular flexibility index (Phi) is 3.68. The van der Waals surface area contributed by atoms with E-state index in [-0.39, 0.29) is 0 Å². The minimum atomic E-state index is 0.573. The summed E-state index contributed by atoms with van der Waals surface area (Å²) in [4.78, 5) is 20.9. The lowest BCUT2D eigenvalue weighted by molar-refractivity contribution is 0.108. The van der Waals surface area contributed by atoms with Gasteiger partial charge in [-0.05, 0) is 36.6 Å². The maximum absolute atomic E-state index is 4.66. The van der Waals surface area contributed by atoms with Crippen LogP contribution in [0.25, 0.3) is 10.2 Å². The lowest BCUT2D eigenvalue weighted by Gasteiger charge is -2.57. The number of piperazine rings is 1. The Bertz CT molecular complexity index is 881. The molecule has 3 aromatic rings. The third-order valence-electron chi connectivity index (χ3n) is 5.38. The fourth-order valence-corrected chi connectivity index (χ4v) is 5.12. The van der Waals surface area contributed by atoms with Gasteiger partial charge in [-0.2, -0.15) is 0 Å². The highest BCUT2D eigenvalue weighted by Crippen LogP contribution is 2.40. The number of hydrogen-bond donors (Lipinski definition) is 0. The van der Waals surface area contributed by atoms with Gasteiger partial charge in [0.25, 0.3) is 0 Å². The first-order valence-electron chi connectivity index (χ1n) is 8.95. The van der Waals surface area contributed by atoms with Crippen LogP contribution in [-0.2, 0) is 13.0 Å². The van der Waals surface area contributed by atoms with Gasteiger partial charge in [-0.25, -0.2) is 9.97 Å². The van der Waals surface area contributed by atoms with E-state index in [1.165, 1.54) is 22.2 Å². The zero-order valence-corrected chi connectivity index (χ0v) is 15.1. The SMILES string of the molecule is CCc1cc2c(N3C4CC3CN(Cc3ccncc3)C4)ncnc2s1. The average Bonchev–Trinajstić information content (AvgIpc) is 3.07. The first-order valence-corrected chi connectivity index (χ1v) is 9.76. The molecule has 6 heterocycles. The first-order chi connectivity index (χ1) is 12.3. The molecule has 0 amide bonds. The van der Waals surface area contributed by atoms with Crippen LogP contribution < -0.4 is 4.90 Å². The van der Waals surface area contributed by atoms with Gasteiger partial charge in [-0.1, -0.05) is 6.92 Å². The van der Waals surface area contributed by atoms with E-state index in [4.69, 9.17) is 0 Å². The van der Waals surface area contributed by atoms with E-state index in [2.05, 4.69) is 49.9 Å². The Hall–Kier alpha value is -2.05. The lowest BCUT2D eigenvalue weighted by atomic mass is 9.87. The predicted octanol–water partition coefficient (Wildman–Crippen LogP) is 3.11. The standard InChI is InChI=1S/C19H21N5S/c1-2-16-8-17-18(21-12-22-19(17)25-16)24-14-7-15(24)11-23(10-14)9-13-3-5-20-6-4-13/h3-6,8,12,14-15H,2,7,9-11H2,1H3. The molecule has 2 unspecified atom stereocenters. The fourth-order valence-electron chi connectivity index (χ4n) is 4.19. The van der Waals surface area contributed by atoms with Crippen molar-refractivity contribution in [1.29, 1.82) is 0 Å². The van der Waals surface area contributed by atoms with Crippen LogP contribution in [0.2, 0.25) is 0 Å². The highest BCUT2D eigenvalue weighted by molar-refractivity contribution is 7.18. The molecule has 128 valence electrons. The second-order valence-corrected chi connectivity index (χ2v) is 8.10. The van der Waals surface area contributed by atoms with E-state index in [1.807, 2.05) is 12.4 Å². The molecule has 3 aliphatic rings. The highest BCUT2D eigenvalue weighted by Gasteiger charge is 2.45. The summed E-state index contributed by atoms with van der Waals surface area (Å²) in [5, 5.41) is 1.24. The Morgan fingerprint density at radius 2 is 1.96 bits per heavy atom. The van der Waals surface area contributed by atoms with Crippen LogP contribution >= 0.6 is 11.3 Å². The molecule has 3 aromatic heterocycles. The predicted molar refractivity (Wildman–Crippen MR) is 101 cm³/mol. The number of rotatable bonds is 4. The molecular weight excluding hydrogens is 330 g/mol. The van der Waals surface area contributed by atoms with Crippen LogP contribution in [0.4, 0.5) is 5.82 Å². The molecule has 0 radical (unpaired) electrons. The lowest BCUT2D eigenvalue weighted by Crippen LogP contribution is -2.69. The van der Waals surface area contributed by atoms with E-state index in [0.717, 1.165) is 36.7 Å². The molecule has 0 aliphatic carbocycles. The first kappa shape index (κ1) is 15.2. The van der Waals surface area contributed by atoms with Crippen LogP contribution in [0.5, 0.6) is 0 Å². The monoisotopic (exact) mass is 351 g/mol. The fraction of sp³-hybridized carbons (Fsp3) is 0.421. The Labute approximate surface area is 151 Å². The molecule has 3 fully saturated rings. The molecule has 5 nitrogen and oxygen atoms in total. The normalized spacial score (nSPS) is 23.0. The van der Waals surface area contributed by atoms with E-state index in [9.17, 15) is 0 Å². The van der Waals surface area contributed by atoms with Crippen molar-refractivity contribution in [3.63, 3.8) is 0 Å². The number of fused-ring (bicyclic) bond motifs is 3. The van der Waals surface area contributed by atoms with E-state index < -0.39 is 0 Å². The van der Waals surface area contributed by atoms with Crippen LogP contribution in [0.15, 0.2) is 36.9 Å². The zero-order valence-electron chi connectivity index (χ0n) is 14.3. The zero-order chi connectivity index (χ0) is 16.8. The minimum Gasteiger partial charge on any atom is -0.347 e. The van der Waals surface area contributed by atoms with Gasteiger partial charge in [-0.3, -0.25) is 9.88 Å². The molecule has 3 aliphatic heterocycles. The third-order valence-corrected chi connectivity index (χ3v) is 6.56. The van der Waals surface area contributed by atoms with Gasteiger partial charge in [0.05, 0.1) is 5.39 Å². The molecule has 6 heteroatoms. The van der Waals surface area contributed by atoms with E-state index in [0.29, 0.717) is 12.1 Å². The summed E-state index contributed by atoms with van der Waals surface area (Å²) in [6.07, 6.45) is 7.84. The summed E-state index contributed by atoms with van der Waals surface area (Å²) < 4.78 is 0. The highest BCUT2D eigenvalue weighted by atomic mass is 32.1. The minimum absolute atomic E-state index is 0.573. The summed E-state index contributed by atoms with van der Waals surface area (Å²) >= 11 is 1.80. The quantitative estimate of drug-likeness (QED) is 0.723. The molecule has 0 saturated carbocycles. The topological polar surface area (TPSA) is 45.2 Å². The summed E-state index contributed by atoms with van der Waals surface area (Å²) in [7, 11) is 0. The number of piperidine rings is 1. The summed E-state index contributed by atoms with van der Waals surface area (Å²) in [6, 6.07) is 7.66. The molecule has 0 spiro atoms. The molecular formula is C19H21N5S. The van der Waals surface area contributed by atoms with Crippen molar-refractivity contribution in [2.45, 2.75) is 38.4 Å². The number of aryl methyl sites for hydroxylation is 1. The molecule has 0 aromatic carbocycles. The summed E-state index contributed by atoms with van der Waals surface area (Å²) in [6.45, 7) is 5.43. The second-order valence-electron chi connectivity index (χ2n) is 6.98. The number of aromatic nitrogens is 3. The molecule has 25 heavy (non-hydrogen) atoms. The van der Waals surface area contributed by atoms with Crippen LogP contribution in [0.1, 0.15) is 23.8 Å². The third kappa shape index (κ3) is 2.60. The van der Waals surface area contributed by atoms with Gasteiger partial charge in [0, 0.05) is 49.0 Å². The van der Waals surface area contributed by atoms with Crippen molar-refractivity contribution in [3.8, 4) is 0 Å². The molecule has 2 bridgehead atoms. The molecule has 6 rings (SSSR count).